The van der Waals surface area contributed by atoms with Gasteiger partial charge >= 0.3 is 0 Å². The summed E-state index contributed by atoms with van der Waals surface area (Å²) in [4.78, 5) is -0.227. The molecule has 0 saturated carbocycles. The van der Waals surface area contributed by atoms with Crippen molar-refractivity contribution in [2.24, 2.45) is 0 Å². The number of anilines is 2. The van der Waals surface area contributed by atoms with Crippen molar-refractivity contribution in [3.8, 4) is 0 Å². The zero-order chi connectivity index (χ0) is 15.8. The zero-order valence-electron chi connectivity index (χ0n) is 10.8. The predicted octanol–water partition coefficient (Wildman–Crippen LogP) is 3.82. The van der Waals surface area contributed by atoms with Gasteiger partial charge in [0.05, 0.1) is 21.4 Å². The topological polar surface area (TPSA) is 72.2 Å². The van der Waals surface area contributed by atoms with Gasteiger partial charge in [-0.05, 0) is 36.8 Å². The molecule has 0 radical (unpaired) electrons. The first-order valence-corrected chi connectivity index (χ1v) is 7.99. The van der Waals surface area contributed by atoms with Crippen molar-refractivity contribution < 1.29 is 12.8 Å². The van der Waals surface area contributed by atoms with Gasteiger partial charge in [-0.25, -0.2) is 12.8 Å². The van der Waals surface area contributed by atoms with Gasteiger partial charge in [0.15, 0.2) is 0 Å². The largest absolute Gasteiger partial charge is 0.396 e. The number of hydrogen-bond donors (Lipinski definition) is 2. The van der Waals surface area contributed by atoms with Crippen LogP contribution in [-0.4, -0.2) is 8.42 Å². The van der Waals surface area contributed by atoms with Crippen molar-refractivity contribution >= 4 is 44.6 Å². The van der Waals surface area contributed by atoms with E-state index in [1.54, 1.807) is 6.92 Å². The average molecular weight is 349 g/mol. The number of aryl methyl sites for hydroxylation is 1. The summed E-state index contributed by atoms with van der Waals surface area (Å²) in [5, 5.41) is -0.0232. The first-order valence-electron chi connectivity index (χ1n) is 5.75. The van der Waals surface area contributed by atoms with Gasteiger partial charge in [-0.1, -0.05) is 29.3 Å². The van der Waals surface area contributed by atoms with E-state index in [9.17, 15) is 12.8 Å². The Morgan fingerprint density at radius 1 is 1.19 bits per heavy atom. The van der Waals surface area contributed by atoms with E-state index >= 15 is 0 Å². The number of benzene rings is 2. The van der Waals surface area contributed by atoms with Crippen molar-refractivity contribution in [1.82, 2.24) is 0 Å². The number of halogens is 3. The number of hydrogen-bond acceptors (Lipinski definition) is 3. The molecule has 0 saturated heterocycles. The molecule has 0 aliphatic rings. The lowest BCUT2D eigenvalue weighted by atomic mass is 10.2. The normalized spacial score (nSPS) is 11.4. The maximum Gasteiger partial charge on any atom is 0.263 e. The lowest BCUT2D eigenvalue weighted by Crippen LogP contribution is -2.15. The molecule has 2 rings (SSSR count). The molecule has 0 spiro atoms. The van der Waals surface area contributed by atoms with Crippen LogP contribution in [0.25, 0.3) is 0 Å². The van der Waals surface area contributed by atoms with Crippen LogP contribution in [0, 0.1) is 12.7 Å². The number of nitrogen functional groups attached to an aromatic ring is 1. The molecule has 0 fully saturated rings. The minimum absolute atomic E-state index is 0.0304. The zero-order valence-corrected chi connectivity index (χ0v) is 13.2. The second-order valence-electron chi connectivity index (χ2n) is 4.34. The van der Waals surface area contributed by atoms with Crippen LogP contribution in [0.4, 0.5) is 15.8 Å². The molecule has 0 amide bonds. The Bertz CT molecular complexity index is 810. The van der Waals surface area contributed by atoms with Crippen LogP contribution < -0.4 is 10.5 Å². The standard InChI is InChI=1S/C13H11Cl2FN2O2S/c1-7-2-3-8(16)6-10(7)18-21(19,20)11-5-4-9(14)13(17)12(11)15/h2-6,18H,17H2,1H3. The van der Waals surface area contributed by atoms with Crippen LogP contribution in [-0.2, 0) is 10.0 Å². The van der Waals surface area contributed by atoms with E-state index in [-0.39, 0.29) is 26.3 Å². The summed E-state index contributed by atoms with van der Waals surface area (Å²) in [5.74, 6) is -0.556. The molecular formula is C13H11Cl2FN2O2S. The molecule has 2 aromatic rings. The first kappa shape index (κ1) is 15.9. The van der Waals surface area contributed by atoms with Gasteiger partial charge in [-0.15, -0.1) is 0 Å². The SMILES string of the molecule is Cc1ccc(F)cc1NS(=O)(=O)c1ccc(Cl)c(N)c1Cl. The second-order valence-corrected chi connectivity index (χ2v) is 6.77. The van der Waals surface area contributed by atoms with E-state index in [1.807, 2.05) is 0 Å². The van der Waals surface area contributed by atoms with Crippen molar-refractivity contribution in [3.05, 3.63) is 51.8 Å². The summed E-state index contributed by atoms with van der Waals surface area (Å²) in [7, 11) is -4.01. The Kier molecular flexibility index (Phi) is 4.32. The van der Waals surface area contributed by atoms with E-state index in [4.69, 9.17) is 28.9 Å². The summed E-state index contributed by atoms with van der Waals surface area (Å²) < 4.78 is 40.2. The van der Waals surface area contributed by atoms with Gasteiger partial charge in [0.2, 0.25) is 0 Å². The monoisotopic (exact) mass is 348 g/mol. The van der Waals surface area contributed by atoms with E-state index in [1.165, 1.54) is 24.3 Å². The van der Waals surface area contributed by atoms with E-state index in [2.05, 4.69) is 4.72 Å². The molecule has 2 aromatic carbocycles. The second kappa shape index (κ2) is 5.71. The Hall–Kier alpha value is -1.50. The maximum absolute atomic E-state index is 13.2. The third kappa shape index (κ3) is 3.23. The van der Waals surface area contributed by atoms with Gasteiger partial charge < -0.3 is 5.73 Å². The number of sulfonamides is 1. The summed E-state index contributed by atoms with van der Waals surface area (Å²) >= 11 is 11.7. The van der Waals surface area contributed by atoms with Crippen LogP contribution in [0.1, 0.15) is 5.56 Å². The summed E-state index contributed by atoms with van der Waals surface area (Å²) in [6.07, 6.45) is 0. The lowest BCUT2D eigenvalue weighted by Gasteiger charge is -2.13. The summed E-state index contributed by atoms with van der Waals surface area (Å²) in [6, 6.07) is 6.35. The quantitative estimate of drug-likeness (QED) is 0.828. The molecule has 0 heterocycles. The van der Waals surface area contributed by atoms with Crippen LogP contribution in [0.3, 0.4) is 0 Å². The van der Waals surface area contributed by atoms with Gasteiger partial charge in [0, 0.05) is 0 Å². The van der Waals surface area contributed by atoms with E-state index in [0.717, 1.165) is 6.07 Å². The Morgan fingerprint density at radius 3 is 2.52 bits per heavy atom. The number of nitrogens with two attached hydrogens (primary N) is 1. The molecule has 4 nitrogen and oxygen atoms in total. The van der Waals surface area contributed by atoms with Crippen LogP contribution in [0.5, 0.6) is 0 Å². The molecule has 21 heavy (non-hydrogen) atoms. The highest BCUT2D eigenvalue weighted by Gasteiger charge is 2.21. The smallest absolute Gasteiger partial charge is 0.263 e. The van der Waals surface area contributed by atoms with Crippen molar-refractivity contribution in [3.63, 3.8) is 0 Å². The fraction of sp³-hybridized carbons (Fsp3) is 0.0769. The Morgan fingerprint density at radius 2 is 1.86 bits per heavy atom. The van der Waals surface area contributed by atoms with Gasteiger partial charge in [-0.3, -0.25) is 4.72 Å². The fourth-order valence-electron chi connectivity index (χ4n) is 1.66. The highest BCUT2D eigenvalue weighted by molar-refractivity contribution is 7.92. The molecule has 0 bridgehead atoms. The minimum Gasteiger partial charge on any atom is -0.396 e. The molecule has 0 aliphatic heterocycles. The third-order valence-corrected chi connectivity index (χ3v) is 5.08. The molecule has 0 aromatic heterocycles. The molecule has 112 valence electrons. The Balaban J connectivity index is 2.49. The third-order valence-electron chi connectivity index (χ3n) is 2.82. The molecule has 3 N–H and O–H groups in total. The number of nitrogens with one attached hydrogen (secondary N) is 1. The van der Waals surface area contributed by atoms with Crippen LogP contribution in [0.15, 0.2) is 35.2 Å². The predicted molar refractivity (Wildman–Crippen MR) is 82.8 cm³/mol. The van der Waals surface area contributed by atoms with Gasteiger partial charge in [0.1, 0.15) is 10.7 Å². The maximum atomic E-state index is 13.2. The molecule has 0 aliphatic carbocycles. The minimum atomic E-state index is -4.01. The average Bonchev–Trinajstić information content (AvgIpc) is 2.39. The van der Waals surface area contributed by atoms with E-state index < -0.39 is 15.8 Å². The van der Waals surface area contributed by atoms with Crippen molar-refractivity contribution in [2.45, 2.75) is 11.8 Å². The van der Waals surface area contributed by atoms with Gasteiger partial charge in [-0.2, -0.15) is 0 Å². The molecule has 0 atom stereocenters. The highest BCUT2D eigenvalue weighted by Crippen LogP contribution is 2.34. The highest BCUT2D eigenvalue weighted by atomic mass is 35.5. The van der Waals surface area contributed by atoms with E-state index in [0.29, 0.717) is 5.56 Å². The molecular weight excluding hydrogens is 338 g/mol. The summed E-state index contributed by atoms with van der Waals surface area (Å²) in [6.45, 7) is 1.65. The molecule has 0 unspecified atom stereocenters. The Labute approximate surface area is 131 Å². The lowest BCUT2D eigenvalue weighted by molar-refractivity contribution is 0.601. The van der Waals surface area contributed by atoms with Crippen LogP contribution in [0.2, 0.25) is 10.0 Å². The first-order chi connectivity index (χ1) is 9.72. The van der Waals surface area contributed by atoms with Crippen LogP contribution >= 0.6 is 23.2 Å². The van der Waals surface area contributed by atoms with Gasteiger partial charge in [0.25, 0.3) is 10.0 Å². The van der Waals surface area contributed by atoms with Crippen molar-refractivity contribution in [2.75, 3.05) is 10.5 Å². The van der Waals surface area contributed by atoms with Crippen molar-refractivity contribution in [1.29, 1.82) is 0 Å². The summed E-state index contributed by atoms with van der Waals surface area (Å²) in [5.41, 5.74) is 6.27. The fourth-order valence-corrected chi connectivity index (χ4v) is 3.55. The number of rotatable bonds is 3. The molecule has 8 heteroatoms.